The summed E-state index contributed by atoms with van der Waals surface area (Å²) in [6, 6.07) is 6.12. The van der Waals surface area contributed by atoms with Gasteiger partial charge in [-0.15, -0.1) is 0 Å². The number of nitrogens with one attached hydrogen (secondary N) is 2. The van der Waals surface area contributed by atoms with Crippen LogP contribution in [-0.4, -0.2) is 24.0 Å². The Kier molecular flexibility index (Phi) is 2.63. The molecule has 1 aromatic carbocycles. The van der Waals surface area contributed by atoms with Gasteiger partial charge >= 0.3 is 5.97 Å². The first-order valence-corrected chi connectivity index (χ1v) is 7.75. The predicted molar refractivity (Wildman–Crippen MR) is 84.1 cm³/mol. The SMILES string of the molecule is CNC1Cc2c(Br)[nH]c3cccc(c23)C12C=C(C)C(=O)O2. The second-order valence-corrected chi connectivity index (χ2v) is 6.49. The first kappa shape index (κ1) is 13.1. The summed E-state index contributed by atoms with van der Waals surface area (Å²) in [5, 5.41) is 4.48. The van der Waals surface area contributed by atoms with Gasteiger partial charge in [0, 0.05) is 22.0 Å². The van der Waals surface area contributed by atoms with Crippen molar-refractivity contribution in [1.29, 1.82) is 0 Å². The topological polar surface area (TPSA) is 54.1 Å². The van der Waals surface area contributed by atoms with Crippen LogP contribution in [0, 0.1) is 0 Å². The highest BCUT2D eigenvalue weighted by Gasteiger charge is 2.50. The summed E-state index contributed by atoms with van der Waals surface area (Å²) in [6.07, 6.45) is 2.76. The van der Waals surface area contributed by atoms with E-state index in [1.54, 1.807) is 0 Å². The molecule has 4 rings (SSSR count). The number of hydrogen-bond acceptors (Lipinski definition) is 3. The van der Waals surface area contributed by atoms with E-state index in [9.17, 15) is 4.79 Å². The minimum atomic E-state index is -0.704. The Morgan fingerprint density at radius 1 is 1.48 bits per heavy atom. The molecule has 4 nitrogen and oxygen atoms in total. The highest BCUT2D eigenvalue weighted by atomic mass is 79.9. The lowest BCUT2D eigenvalue weighted by molar-refractivity contribution is -0.149. The molecule has 2 atom stereocenters. The number of aromatic nitrogens is 1. The molecule has 21 heavy (non-hydrogen) atoms. The Morgan fingerprint density at radius 3 is 2.95 bits per heavy atom. The fourth-order valence-electron chi connectivity index (χ4n) is 3.61. The van der Waals surface area contributed by atoms with Gasteiger partial charge in [-0.3, -0.25) is 0 Å². The molecule has 108 valence electrons. The summed E-state index contributed by atoms with van der Waals surface area (Å²) in [5.41, 5.74) is 3.32. The number of benzene rings is 1. The molecular weight excluding hydrogens is 332 g/mol. The molecule has 2 aliphatic rings. The van der Waals surface area contributed by atoms with E-state index < -0.39 is 5.60 Å². The third-order valence-corrected chi connectivity index (χ3v) is 5.26. The van der Waals surface area contributed by atoms with Crippen molar-refractivity contribution in [3.8, 4) is 0 Å². The maximum absolute atomic E-state index is 12.0. The molecule has 0 bridgehead atoms. The first-order valence-electron chi connectivity index (χ1n) is 6.96. The first-order chi connectivity index (χ1) is 10.1. The van der Waals surface area contributed by atoms with Gasteiger partial charge < -0.3 is 15.0 Å². The number of rotatable bonds is 1. The van der Waals surface area contributed by atoms with E-state index in [1.165, 1.54) is 5.56 Å². The van der Waals surface area contributed by atoms with E-state index >= 15 is 0 Å². The number of hydrogen-bond donors (Lipinski definition) is 2. The fraction of sp³-hybridized carbons (Fsp3) is 0.312. The highest BCUT2D eigenvalue weighted by Crippen LogP contribution is 2.47. The summed E-state index contributed by atoms with van der Waals surface area (Å²) >= 11 is 3.61. The van der Waals surface area contributed by atoms with Crippen molar-refractivity contribution in [1.82, 2.24) is 10.3 Å². The second-order valence-electron chi connectivity index (χ2n) is 5.70. The molecule has 2 heterocycles. The highest BCUT2D eigenvalue weighted by molar-refractivity contribution is 9.10. The number of carbonyl (C=O) groups is 1. The van der Waals surface area contributed by atoms with Crippen molar-refractivity contribution < 1.29 is 9.53 Å². The van der Waals surface area contributed by atoms with E-state index in [2.05, 4.69) is 32.3 Å². The van der Waals surface area contributed by atoms with Crippen LogP contribution in [0.5, 0.6) is 0 Å². The number of carbonyl (C=O) groups excluding carboxylic acids is 1. The molecule has 0 fully saturated rings. The van der Waals surface area contributed by atoms with Crippen LogP contribution < -0.4 is 5.32 Å². The van der Waals surface area contributed by atoms with Gasteiger partial charge in [0.15, 0.2) is 5.60 Å². The lowest BCUT2D eigenvalue weighted by Gasteiger charge is -2.39. The molecule has 0 saturated carbocycles. The normalized spacial score (nSPS) is 27.3. The van der Waals surface area contributed by atoms with Gasteiger partial charge in [-0.2, -0.15) is 0 Å². The number of ether oxygens (including phenoxy) is 1. The van der Waals surface area contributed by atoms with Crippen molar-refractivity contribution in [3.05, 3.63) is 45.6 Å². The Morgan fingerprint density at radius 2 is 2.29 bits per heavy atom. The number of likely N-dealkylation sites (N-methyl/N-ethyl adjacent to an activating group) is 1. The molecule has 0 amide bonds. The maximum Gasteiger partial charge on any atom is 0.334 e. The van der Waals surface area contributed by atoms with Crippen LogP contribution in [0.15, 0.2) is 34.5 Å². The smallest absolute Gasteiger partial charge is 0.334 e. The van der Waals surface area contributed by atoms with Crippen molar-refractivity contribution in [2.75, 3.05) is 7.05 Å². The van der Waals surface area contributed by atoms with Gasteiger partial charge in [-0.25, -0.2) is 4.79 Å². The molecule has 1 spiro atoms. The Bertz CT molecular complexity index is 808. The van der Waals surface area contributed by atoms with Gasteiger partial charge in [0.2, 0.25) is 0 Å². The molecule has 0 saturated heterocycles. The van der Waals surface area contributed by atoms with Crippen LogP contribution >= 0.6 is 15.9 Å². The molecule has 1 aromatic heterocycles. The third kappa shape index (κ3) is 1.56. The molecule has 5 heteroatoms. The molecule has 0 radical (unpaired) electrons. The Balaban J connectivity index is 2.08. The van der Waals surface area contributed by atoms with Crippen molar-refractivity contribution in [3.63, 3.8) is 0 Å². The number of aromatic amines is 1. The van der Waals surface area contributed by atoms with E-state index in [0.717, 1.165) is 27.5 Å². The minimum Gasteiger partial charge on any atom is -0.445 e. The molecule has 2 unspecified atom stereocenters. The Hall–Kier alpha value is -1.59. The summed E-state index contributed by atoms with van der Waals surface area (Å²) in [6.45, 7) is 1.81. The van der Waals surface area contributed by atoms with Gasteiger partial charge in [0.05, 0.1) is 10.6 Å². The molecule has 2 N–H and O–H groups in total. The van der Waals surface area contributed by atoms with E-state index in [4.69, 9.17) is 4.74 Å². The van der Waals surface area contributed by atoms with Crippen LogP contribution in [0.1, 0.15) is 18.1 Å². The predicted octanol–water partition coefficient (Wildman–Crippen LogP) is 2.77. The van der Waals surface area contributed by atoms with Gasteiger partial charge in [0.1, 0.15) is 0 Å². The lowest BCUT2D eigenvalue weighted by Crippen LogP contribution is -2.50. The average molecular weight is 347 g/mol. The van der Waals surface area contributed by atoms with Crippen LogP contribution in [0.2, 0.25) is 0 Å². The van der Waals surface area contributed by atoms with Gasteiger partial charge in [0.25, 0.3) is 0 Å². The average Bonchev–Trinajstić information content (AvgIpc) is 2.93. The third-order valence-electron chi connectivity index (χ3n) is 4.59. The van der Waals surface area contributed by atoms with Crippen molar-refractivity contribution >= 4 is 32.8 Å². The molecule has 1 aliphatic heterocycles. The number of halogens is 1. The largest absolute Gasteiger partial charge is 0.445 e. The van der Waals surface area contributed by atoms with Gasteiger partial charge in [-0.05, 0) is 54.0 Å². The van der Waals surface area contributed by atoms with Crippen molar-refractivity contribution in [2.45, 2.75) is 25.0 Å². The van der Waals surface area contributed by atoms with E-state index in [1.807, 2.05) is 32.2 Å². The van der Waals surface area contributed by atoms with Crippen LogP contribution in [-0.2, 0) is 21.6 Å². The molecule has 1 aliphatic carbocycles. The molecule has 2 aromatic rings. The van der Waals surface area contributed by atoms with E-state index in [-0.39, 0.29) is 12.0 Å². The minimum absolute atomic E-state index is 0.0177. The quantitative estimate of drug-likeness (QED) is 0.780. The summed E-state index contributed by atoms with van der Waals surface area (Å²) in [7, 11) is 1.91. The summed E-state index contributed by atoms with van der Waals surface area (Å²) in [5.74, 6) is -0.231. The summed E-state index contributed by atoms with van der Waals surface area (Å²) < 4.78 is 6.84. The number of H-pyrrole nitrogens is 1. The maximum atomic E-state index is 12.0. The van der Waals surface area contributed by atoms with Crippen LogP contribution in [0.25, 0.3) is 10.9 Å². The van der Waals surface area contributed by atoms with Crippen LogP contribution in [0.3, 0.4) is 0 Å². The Labute approximate surface area is 130 Å². The zero-order valence-corrected chi connectivity index (χ0v) is 13.4. The monoisotopic (exact) mass is 346 g/mol. The van der Waals surface area contributed by atoms with Crippen LogP contribution in [0.4, 0.5) is 0 Å². The fourth-order valence-corrected chi connectivity index (χ4v) is 4.18. The standard InChI is InChI=1S/C16H15BrN2O2/c1-8-7-16(21-15(8)20)10-4-3-5-11-13(10)9(14(17)19-11)6-12(16)18-2/h3-5,7,12,18-19H,6H2,1-2H3. The van der Waals surface area contributed by atoms with Crippen molar-refractivity contribution in [2.24, 2.45) is 0 Å². The lowest BCUT2D eigenvalue weighted by atomic mass is 9.76. The van der Waals surface area contributed by atoms with Gasteiger partial charge in [-0.1, -0.05) is 12.1 Å². The van der Waals surface area contributed by atoms with E-state index in [0.29, 0.717) is 5.57 Å². The number of esters is 1. The second kappa shape index (κ2) is 4.21. The summed E-state index contributed by atoms with van der Waals surface area (Å²) in [4.78, 5) is 15.4. The molecular formula is C16H15BrN2O2. The zero-order valence-electron chi connectivity index (χ0n) is 11.8. The zero-order chi connectivity index (χ0) is 14.8. The number of fused-ring (bicyclic) bond motifs is 1.